The fourth-order valence-electron chi connectivity index (χ4n) is 2.50. The van der Waals surface area contributed by atoms with Gasteiger partial charge in [0.15, 0.2) is 5.78 Å². The summed E-state index contributed by atoms with van der Waals surface area (Å²) in [5.41, 5.74) is 3.55. The second-order valence-electron chi connectivity index (χ2n) is 6.10. The summed E-state index contributed by atoms with van der Waals surface area (Å²) in [7, 11) is 0. The van der Waals surface area contributed by atoms with Gasteiger partial charge < -0.3 is 10.6 Å². The van der Waals surface area contributed by atoms with E-state index >= 15 is 0 Å². The molecular weight excluding hydrogens is 362 g/mol. The molecule has 2 aromatic carbocycles. The number of hydrogen-bond acceptors (Lipinski definition) is 4. The number of nitrogens with one attached hydrogen (secondary N) is 2. The molecule has 0 fully saturated rings. The maximum Gasteiger partial charge on any atom is 0.257 e. The third-order valence-corrected chi connectivity index (χ3v) is 4.26. The zero-order valence-corrected chi connectivity index (χ0v) is 15.7. The summed E-state index contributed by atoms with van der Waals surface area (Å²) in [6, 6.07) is 15.7. The topological polar surface area (TPSA) is 71.1 Å². The molecule has 1 amide bonds. The molecule has 0 aliphatic carbocycles. The molecule has 5 nitrogen and oxygen atoms in total. The number of halogens is 1. The van der Waals surface area contributed by atoms with Crippen LogP contribution in [0.3, 0.4) is 0 Å². The Kier molecular flexibility index (Phi) is 5.52. The van der Waals surface area contributed by atoms with Gasteiger partial charge in [0.05, 0.1) is 5.56 Å². The van der Waals surface area contributed by atoms with Gasteiger partial charge in [-0.3, -0.25) is 9.59 Å². The van der Waals surface area contributed by atoms with Crippen molar-refractivity contribution in [1.82, 2.24) is 4.98 Å². The highest BCUT2D eigenvalue weighted by atomic mass is 35.5. The van der Waals surface area contributed by atoms with Gasteiger partial charge in [-0.05, 0) is 74.0 Å². The molecule has 1 heterocycles. The van der Waals surface area contributed by atoms with E-state index < -0.39 is 0 Å². The molecule has 0 bridgehead atoms. The molecule has 3 aromatic rings. The maximum absolute atomic E-state index is 12.3. The molecule has 0 unspecified atom stereocenters. The van der Waals surface area contributed by atoms with Crippen LogP contribution in [0.1, 0.15) is 33.2 Å². The zero-order valence-electron chi connectivity index (χ0n) is 14.9. The minimum atomic E-state index is -0.271. The molecule has 27 heavy (non-hydrogen) atoms. The van der Waals surface area contributed by atoms with Gasteiger partial charge in [-0.15, -0.1) is 0 Å². The van der Waals surface area contributed by atoms with E-state index in [4.69, 9.17) is 11.6 Å². The van der Waals surface area contributed by atoms with E-state index in [0.29, 0.717) is 27.7 Å². The first-order chi connectivity index (χ1) is 12.9. The summed E-state index contributed by atoms with van der Waals surface area (Å²) in [6.07, 6.45) is 1.51. The van der Waals surface area contributed by atoms with Crippen LogP contribution >= 0.6 is 11.6 Å². The molecular formula is C21H18ClN3O2. The van der Waals surface area contributed by atoms with Crippen LogP contribution in [-0.2, 0) is 0 Å². The van der Waals surface area contributed by atoms with Crippen molar-refractivity contribution in [3.05, 3.63) is 82.5 Å². The second-order valence-corrected chi connectivity index (χ2v) is 6.54. The third-order valence-electron chi connectivity index (χ3n) is 4.03. The first-order valence-corrected chi connectivity index (χ1v) is 8.72. The quantitative estimate of drug-likeness (QED) is 0.594. The van der Waals surface area contributed by atoms with E-state index in [1.165, 1.54) is 13.1 Å². The molecule has 0 radical (unpaired) electrons. The number of hydrogen-bond donors (Lipinski definition) is 2. The van der Waals surface area contributed by atoms with Crippen LogP contribution < -0.4 is 10.6 Å². The molecule has 0 aliphatic rings. The largest absolute Gasteiger partial charge is 0.340 e. The normalized spacial score (nSPS) is 10.3. The smallest absolute Gasteiger partial charge is 0.257 e. The van der Waals surface area contributed by atoms with E-state index in [2.05, 4.69) is 15.6 Å². The van der Waals surface area contributed by atoms with Gasteiger partial charge in [0, 0.05) is 28.2 Å². The van der Waals surface area contributed by atoms with Gasteiger partial charge in [0.1, 0.15) is 5.82 Å². The molecule has 0 spiro atoms. The summed E-state index contributed by atoms with van der Waals surface area (Å²) in [4.78, 5) is 27.9. The predicted octanol–water partition coefficient (Wildman–Crippen LogP) is 5.24. The van der Waals surface area contributed by atoms with Crippen molar-refractivity contribution in [2.75, 3.05) is 10.6 Å². The summed E-state index contributed by atoms with van der Waals surface area (Å²) >= 11 is 5.96. The average molecular weight is 380 g/mol. The molecule has 136 valence electrons. The van der Waals surface area contributed by atoms with Gasteiger partial charge in [0.25, 0.3) is 5.91 Å². The summed E-state index contributed by atoms with van der Waals surface area (Å²) in [5.74, 6) is 0.339. The first-order valence-electron chi connectivity index (χ1n) is 8.34. The lowest BCUT2D eigenvalue weighted by Gasteiger charge is -2.10. The van der Waals surface area contributed by atoms with Crippen molar-refractivity contribution in [3.8, 4) is 0 Å². The van der Waals surface area contributed by atoms with Gasteiger partial charge in [-0.1, -0.05) is 11.6 Å². The monoisotopic (exact) mass is 379 g/mol. The van der Waals surface area contributed by atoms with Crippen LogP contribution in [0.15, 0.2) is 60.8 Å². The standard InChI is InChI=1S/C21H18ClN3O2/c1-13-11-17(22)6-9-19(13)25-20-10-5-16(12-23-20)21(27)24-18-7-3-15(4-8-18)14(2)26/h3-12H,1-2H3,(H,23,25)(H,24,27). The number of amides is 1. The van der Waals surface area contributed by atoms with Crippen LogP contribution in [0.5, 0.6) is 0 Å². The molecule has 3 rings (SSSR count). The number of benzene rings is 2. The Morgan fingerprint density at radius 2 is 1.67 bits per heavy atom. The lowest BCUT2D eigenvalue weighted by Crippen LogP contribution is -2.12. The number of nitrogens with zero attached hydrogens (tertiary/aromatic N) is 1. The number of carbonyl (C=O) groups is 2. The highest BCUT2D eigenvalue weighted by Crippen LogP contribution is 2.22. The number of pyridine rings is 1. The van der Waals surface area contributed by atoms with Crippen molar-refractivity contribution >= 4 is 40.5 Å². The fourth-order valence-corrected chi connectivity index (χ4v) is 2.73. The number of aryl methyl sites for hydroxylation is 1. The van der Waals surface area contributed by atoms with E-state index in [1.807, 2.05) is 19.1 Å². The van der Waals surface area contributed by atoms with Gasteiger partial charge in [-0.25, -0.2) is 4.98 Å². The van der Waals surface area contributed by atoms with E-state index in [0.717, 1.165) is 11.3 Å². The lowest BCUT2D eigenvalue weighted by molar-refractivity contribution is 0.101. The summed E-state index contributed by atoms with van der Waals surface area (Å²) < 4.78 is 0. The predicted molar refractivity (Wildman–Crippen MR) is 108 cm³/mol. The number of Topliss-reactive ketones (excluding diaryl/α,β-unsaturated/α-hetero) is 1. The van der Waals surface area contributed by atoms with Crippen molar-refractivity contribution in [3.63, 3.8) is 0 Å². The van der Waals surface area contributed by atoms with Crippen molar-refractivity contribution in [2.45, 2.75) is 13.8 Å². The van der Waals surface area contributed by atoms with Crippen LogP contribution in [0.25, 0.3) is 0 Å². The Bertz CT molecular complexity index is 983. The second kappa shape index (κ2) is 8.01. The number of carbonyl (C=O) groups excluding carboxylic acids is 2. The summed E-state index contributed by atoms with van der Waals surface area (Å²) in [5, 5.41) is 6.66. The van der Waals surface area contributed by atoms with Gasteiger partial charge in [-0.2, -0.15) is 0 Å². The Labute approximate surface area is 162 Å². The molecule has 0 saturated heterocycles. The molecule has 1 aromatic heterocycles. The Morgan fingerprint density at radius 3 is 2.26 bits per heavy atom. The molecule has 0 atom stereocenters. The lowest BCUT2D eigenvalue weighted by atomic mass is 10.1. The first kappa shape index (κ1) is 18.6. The van der Waals surface area contributed by atoms with E-state index in [9.17, 15) is 9.59 Å². The Morgan fingerprint density at radius 1 is 0.963 bits per heavy atom. The number of rotatable bonds is 5. The fraction of sp³-hybridized carbons (Fsp3) is 0.0952. The van der Waals surface area contributed by atoms with Crippen LogP contribution in [-0.4, -0.2) is 16.7 Å². The zero-order chi connectivity index (χ0) is 19.4. The van der Waals surface area contributed by atoms with Crippen molar-refractivity contribution in [1.29, 1.82) is 0 Å². The molecule has 6 heteroatoms. The number of aromatic nitrogens is 1. The number of anilines is 3. The van der Waals surface area contributed by atoms with Crippen LogP contribution in [0.2, 0.25) is 5.02 Å². The van der Waals surface area contributed by atoms with Crippen molar-refractivity contribution < 1.29 is 9.59 Å². The highest BCUT2D eigenvalue weighted by molar-refractivity contribution is 6.30. The van der Waals surface area contributed by atoms with Crippen molar-refractivity contribution in [2.24, 2.45) is 0 Å². The minimum Gasteiger partial charge on any atom is -0.340 e. The highest BCUT2D eigenvalue weighted by Gasteiger charge is 2.08. The van der Waals surface area contributed by atoms with Gasteiger partial charge >= 0.3 is 0 Å². The van der Waals surface area contributed by atoms with Crippen LogP contribution in [0, 0.1) is 6.92 Å². The Hall–Kier alpha value is -3.18. The SMILES string of the molecule is CC(=O)c1ccc(NC(=O)c2ccc(Nc3ccc(Cl)cc3C)nc2)cc1. The number of ketones is 1. The molecule has 2 N–H and O–H groups in total. The molecule has 0 aliphatic heterocycles. The van der Waals surface area contributed by atoms with Crippen LogP contribution in [0.4, 0.5) is 17.2 Å². The maximum atomic E-state index is 12.3. The molecule has 0 saturated carbocycles. The summed E-state index contributed by atoms with van der Waals surface area (Å²) in [6.45, 7) is 3.45. The average Bonchev–Trinajstić information content (AvgIpc) is 2.65. The van der Waals surface area contributed by atoms with E-state index in [-0.39, 0.29) is 11.7 Å². The third kappa shape index (κ3) is 4.71. The Balaban J connectivity index is 1.67. The van der Waals surface area contributed by atoms with Gasteiger partial charge in [0.2, 0.25) is 0 Å². The minimum absolute atomic E-state index is 0.0175. The van der Waals surface area contributed by atoms with E-state index in [1.54, 1.807) is 42.5 Å².